The Balaban J connectivity index is 1.28. The molecular formula is C25H34N4O4. The maximum atomic E-state index is 13.6. The molecule has 5 rings (SSSR count). The first-order valence-electron chi connectivity index (χ1n) is 12.3. The topological polar surface area (TPSA) is 82.2 Å². The molecule has 3 atom stereocenters. The first kappa shape index (κ1) is 22.3. The Hall–Kier alpha value is -2.45. The van der Waals surface area contributed by atoms with Gasteiger partial charge in [0.2, 0.25) is 5.91 Å². The minimum absolute atomic E-state index is 0.0261. The second-order valence-electron chi connectivity index (χ2n) is 9.91. The molecule has 1 aromatic rings. The third-order valence-electron chi connectivity index (χ3n) is 7.82. The summed E-state index contributed by atoms with van der Waals surface area (Å²) in [6.07, 6.45) is 4.47. The van der Waals surface area contributed by atoms with E-state index in [0.717, 1.165) is 57.5 Å². The maximum absolute atomic E-state index is 13.6. The molecule has 8 heteroatoms. The Labute approximate surface area is 195 Å². The van der Waals surface area contributed by atoms with E-state index in [1.807, 2.05) is 24.3 Å². The molecule has 8 nitrogen and oxygen atoms in total. The number of Topliss-reactive ketones (excluding diaryl/α,β-unsaturated/α-hetero) is 1. The van der Waals surface area contributed by atoms with Crippen LogP contribution >= 0.6 is 0 Å². The van der Waals surface area contributed by atoms with Crippen LogP contribution in [0.4, 0.5) is 5.69 Å². The first-order chi connectivity index (χ1) is 16.0. The lowest BCUT2D eigenvalue weighted by Gasteiger charge is -2.34. The fourth-order valence-electron chi connectivity index (χ4n) is 5.80. The smallest absolute Gasteiger partial charge is 0.251 e. The summed E-state index contributed by atoms with van der Waals surface area (Å²) in [6.45, 7) is 4.60. The summed E-state index contributed by atoms with van der Waals surface area (Å²) < 4.78 is 5.55. The molecule has 4 aliphatic rings. The molecule has 178 valence electrons. The van der Waals surface area contributed by atoms with Crippen LogP contribution in [-0.2, 0) is 14.3 Å². The number of fused-ring (bicyclic) bond motifs is 1. The van der Waals surface area contributed by atoms with Gasteiger partial charge < -0.3 is 24.8 Å². The lowest BCUT2D eigenvalue weighted by molar-refractivity contribution is -0.139. The average Bonchev–Trinajstić information content (AvgIpc) is 3.58. The van der Waals surface area contributed by atoms with Crippen molar-refractivity contribution in [3.05, 3.63) is 29.8 Å². The van der Waals surface area contributed by atoms with Crippen LogP contribution in [0.25, 0.3) is 0 Å². The summed E-state index contributed by atoms with van der Waals surface area (Å²) in [5.74, 6) is -0.269. The van der Waals surface area contributed by atoms with E-state index in [2.05, 4.69) is 22.2 Å². The van der Waals surface area contributed by atoms with Gasteiger partial charge in [-0.05, 0) is 56.5 Å². The average molecular weight is 455 g/mol. The quantitative estimate of drug-likeness (QED) is 0.722. The standard InChI is InChI=1S/C25H34N4O4/c1-27-12-14-28(15-13-27)19-8-6-18(7-9-19)24(31)26-22(17-4-2-3-5-17)25(32)29-11-10-21-23(29)20(30)16-33-21/h6-9,17,21-23H,2-5,10-16H2,1H3,(H,26,31)/t21-,22+,23-/m1/s1. The zero-order valence-corrected chi connectivity index (χ0v) is 19.4. The van der Waals surface area contributed by atoms with E-state index in [0.29, 0.717) is 18.5 Å². The van der Waals surface area contributed by atoms with Crippen LogP contribution in [-0.4, -0.2) is 92.0 Å². The Morgan fingerprint density at radius 1 is 1.00 bits per heavy atom. The number of carbonyl (C=O) groups is 3. The van der Waals surface area contributed by atoms with Crippen LogP contribution < -0.4 is 10.2 Å². The summed E-state index contributed by atoms with van der Waals surface area (Å²) in [5.41, 5.74) is 1.68. The van der Waals surface area contributed by atoms with Gasteiger partial charge in [0.05, 0.1) is 6.10 Å². The van der Waals surface area contributed by atoms with Crippen molar-refractivity contribution < 1.29 is 19.1 Å². The number of amides is 2. The number of nitrogens with one attached hydrogen (secondary N) is 1. The van der Waals surface area contributed by atoms with Gasteiger partial charge >= 0.3 is 0 Å². The summed E-state index contributed by atoms with van der Waals surface area (Å²) in [7, 11) is 2.13. The highest BCUT2D eigenvalue weighted by Crippen LogP contribution is 2.32. The number of carbonyl (C=O) groups excluding carboxylic acids is 3. The number of rotatable bonds is 5. The molecule has 3 aliphatic heterocycles. The number of anilines is 1. The van der Waals surface area contributed by atoms with Crippen LogP contribution in [0.2, 0.25) is 0 Å². The van der Waals surface area contributed by atoms with E-state index < -0.39 is 12.1 Å². The number of likely N-dealkylation sites (N-methyl/N-ethyl adjacent to an activating group) is 1. The molecule has 3 saturated heterocycles. The molecule has 1 aliphatic carbocycles. The van der Waals surface area contributed by atoms with E-state index in [-0.39, 0.29) is 36.2 Å². The number of hydrogen-bond donors (Lipinski definition) is 1. The first-order valence-corrected chi connectivity index (χ1v) is 12.3. The number of piperazine rings is 1. The van der Waals surface area contributed by atoms with Gasteiger partial charge in [-0.15, -0.1) is 0 Å². The summed E-state index contributed by atoms with van der Waals surface area (Å²) in [4.78, 5) is 45.4. The SMILES string of the molecule is CN1CCN(c2ccc(C(=O)N[C@H](C(=O)N3CC[C@H]4OCC(=O)[C@H]43)C3CCCC3)cc2)CC1. The van der Waals surface area contributed by atoms with Crippen molar-refractivity contribution in [2.24, 2.45) is 5.92 Å². The van der Waals surface area contributed by atoms with Crippen LogP contribution in [0, 0.1) is 5.92 Å². The predicted molar refractivity (Wildman–Crippen MR) is 124 cm³/mol. The third-order valence-corrected chi connectivity index (χ3v) is 7.82. The second-order valence-corrected chi connectivity index (χ2v) is 9.91. The predicted octanol–water partition coefficient (Wildman–Crippen LogP) is 1.30. The van der Waals surface area contributed by atoms with Gasteiger partial charge in [0.25, 0.3) is 5.91 Å². The molecule has 4 fully saturated rings. The van der Waals surface area contributed by atoms with Crippen molar-refractivity contribution in [1.29, 1.82) is 0 Å². The lowest BCUT2D eigenvalue weighted by atomic mass is 9.95. The van der Waals surface area contributed by atoms with E-state index >= 15 is 0 Å². The Morgan fingerprint density at radius 2 is 1.70 bits per heavy atom. The van der Waals surface area contributed by atoms with Gasteiger partial charge in [0, 0.05) is 44.0 Å². The second kappa shape index (κ2) is 9.43. The van der Waals surface area contributed by atoms with Gasteiger partial charge in [0.15, 0.2) is 5.78 Å². The molecule has 1 saturated carbocycles. The summed E-state index contributed by atoms with van der Waals surface area (Å²) in [6, 6.07) is 6.60. The molecule has 3 heterocycles. The molecule has 0 unspecified atom stereocenters. The summed E-state index contributed by atoms with van der Waals surface area (Å²) >= 11 is 0. The molecule has 2 amide bonds. The van der Waals surface area contributed by atoms with Crippen molar-refractivity contribution in [2.75, 3.05) is 51.3 Å². The molecule has 0 bridgehead atoms. The Bertz CT molecular complexity index is 890. The zero-order valence-electron chi connectivity index (χ0n) is 19.4. The number of hydrogen-bond acceptors (Lipinski definition) is 6. The largest absolute Gasteiger partial charge is 0.369 e. The highest BCUT2D eigenvalue weighted by Gasteiger charge is 2.49. The van der Waals surface area contributed by atoms with Crippen LogP contribution in [0.3, 0.4) is 0 Å². The van der Waals surface area contributed by atoms with Gasteiger partial charge in [-0.1, -0.05) is 12.8 Å². The highest BCUT2D eigenvalue weighted by molar-refractivity contribution is 5.99. The Kier molecular flexibility index (Phi) is 6.38. The number of nitrogens with zero attached hydrogens (tertiary/aromatic N) is 3. The van der Waals surface area contributed by atoms with E-state index in [1.165, 1.54) is 0 Å². The minimum atomic E-state index is -0.593. The molecular weight excluding hydrogens is 420 g/mol. The van der Waals surface area contributed by atoms with Crippen molar-refractivity contribution in [2.45, 2.75) is 50.3 Å². The number of likely N-dealkylation sites (tertiary alicyclic amines) is 1. The van der Waals surface area contributed by atoms with Crippen molar-refractivity contribution in [3.63, 3.8) is 0 Å². The molecule has 33 heavy (non-hydrogen) atoms. The van der Waals surface area contributed by atoms with Gasteiger partial charge in [-0.3, -0.25) is 14.4 Å². The molecule has 0 radical (unpaired) electrons. The van der Waals surface area contributed by atoms with E-state index in [4.69, 9.17) is 4.74 Å². The Morgan fingerprint density at radius 3 is 2.39 bits per heavy atom. The van der Waals surface area contributed by atoms with E-state index in [1.54, 1.807) is 4.90 Å². The normalized spacial score (nSPS) is 27.1. The van der Waals surface area contributed by atoms with Crippen molar-refractivity contribution >= 4 is 23.3 Å². The number of ketones is 1. The highest BCUT2D eigenvalue weighted by atomic mass is 16.5. The summed E-state index contributed by atoms with van der Waals surface area (Å²) in [5, 5.41) is 3.05. The van der Waals surface area contributed by atoms with Crippen LogP contribution in [0.15, 0.2) is 24.3 Å². The van der Waals surface area contributed by atoms with Crippen LogP contribution in [0.5, 0.6) is 0 Å². The number of benzene rings is 1. The fourth-order valence-corrected chi connectivity index (χ4v) is 5.80. The monoisotopic (exact) mass is 454 g/mol. The molecule has 0 spiro atoms. The minimum Gasteiger partial charge on any atom is -0.369 e. The van der Waals surface area contributed by atoms with Gasteiger partial charge in [0.1, 0.15) is 18.7 Å². The molecule has 1 N–H and O–H groups in total. The fraction of sp³-hybridized carbons (Fsp3) is 0.640. The molecule has 0 aromatic heterocycles. The molecule has 1 aromatic carbocycles. The lowest BCUT2D eigenvalue weighted by Crippen LogP contribution is -2.54. The maximum Gasteiger partial charge on any atom is 0.251 e. The van der Waals surface area contributed by atoms with Gasteiger partial charge in [-0.25, -0.2) is 0 Å². The zero-order chi connectivity index (χ0) is 22.9. The van der Waals surface area contributed by atoms with Crippen molar-refractivity contribution in [3.8, 4) is 0 Å². The van der Waals surface area contributed by atoms with Gasteiger partial charge in [-0.2, -0.15) is 0 Å². The van der Waals surface area contributed by atoms with E-state index in [9.17, 15) is 14.4 Å². The van der Waals surface area contributed by atoms with Crippen LogP contribution in [0.1, 0.15) is 42.5 Å². The number of ether oxygens (including phenoxy) is 1. The van der Waals surface area contributed by atoms with Crippen molar-refractivity contribution in [1.82, 2.24) is 15.1 Å². The third kappa shape index (κ3) is 4.51.